The Bertz CT molecular complexity index is 848. The molecule has 0 atom stereocenters. The summed E-state index contributed by atoms with van der Waals surface area (Å²) in [6.07, 6.45) is 3.54. The summed E-state index contributed by atoms with van der Waals surface area (Å²) in [4.78, 5) is 12.7. The minimum atomic E-state index is 0.265. The smallest absolute Gasteiger partial charge is 0.222 e. The summed E-state index contributed by atoms with van der Waals surface area (Å²) in [5.41, 5.74) is 11.2. The fourth-order valence-electron chi connectivity index (χ4n) is 2.59. The van der Waals surface area contributed by atoms with Crippen LogP contribution in [0.4, 0.5) is 17.5 Å². The van der Waals surface area contributed by atoms with Gasteiger partial charge in [-0.15, -0.1) is 0 Å². The Balaban J connectivity index is 1.68. The van der Waals surface area contributed by atoms with Crippen LogP contribution in [0.25, 0.3) is 11.3 Å². The van der Waals surface area contributed by atoms with Gasteiger partial charge in [0.05, 0.1) is 11.4 Å². The quantitative estimate of drug-likeness (QED) is 0.600. The molecule has 2 aromatic heterocycles. The van der Waals surface area contributed by atoms with Crippen LogP contribution in [0, 0.1) is 13.8 Å². The first kappa shape index (κ1) is 16.7. The SMILES string of the molecule is Cc1cccc(-c2cc(NCCNc3cccnc3)nc(N)n2)c1C. The van der Waals surface area contributed by atoms with E-state index in [0.29, 0.717) is 6.54 Å². The highest BCUT2D eigenvalue weighted by Gasteiger charge is 2.08. The molecule has 2 heterocycles. The molecule has 0 bridgehead atoms. The summed E-state index contributed by atoms with van der Waals surface area (Å²) in [6, 6.07) is 12.0. The average molecular weight is 334 g/mol. The van der Waals surface area contributed by atoms with E-state index in [-0.39, 0.29) is 5.95 Å². The maximum absolute atomic E-state index is 5.89. The van der Waals surface area contributed by atoms with Crippen molar-refractivity contribution in [2.75, 3.05) is 29.5 Å². The largest absolute Gasteiger partial charge is 0.382 e. The van der Waals surface area contributed by atoms with E-state index in [1.54, 1.807) is 12.4 Å². The van der Waals surface area contributed by atoms with Crippen LogP contribution in [-0.4, -0.2) is 28.0 Å². The van der Waals surface area contributed by atoms with Gasteiger partial charge in [0.1, 0.15) is 5.82 Å². The Morgan fingerprint density at radius 1 is 1.00 bits per heavy atom. The third kappa shape index (κ3) is 4.23. The molecule has 6 nitrogen and oxygen atoms in total. The summed E-state index contributed by atoms with van der Waals surface area (Å²) in [5.74, 6) is 0.984. The van der Waals surface area contributed by atoms with E-state index in [2.05, 4.69) is 51.6 Å². The number of aromatic nitrogens is 3. The lowest BCUT2D eigenvalue weighted by Gasteiger charge is -2.12. The lowest BCUT2D eigenvalue weighted by Crippen LogP contribution is -2.15. The fourth-order valence-corrected chi connectivity index (χ4v) is 2.59. The monoisotopic (exact) mass is 334 g/mol. The molecule has 0 aliphatic carbocycles. The summed E-state index contributed by atoms with van der Waals surface area (Å²) >= 11 is 0. The van der Waals surface area contributed by atoms with Gasteiger partial charge in [0.2, 0.25) is 5.95 Å². The lowest BCUT2D eigenvalue weighted by atomic mass is 10.0. The molecule has 25 heavy (non-hydrogen) atoms. The summed E-state index contributed by atoms with van der Waals surface area (Å²) in [5, 5.41) is 6.58. The van der Waals surface area contributed by atoms with Crippen molar-refractivity contribution in [2.24, 2.45) is 0 Å². The van der Waals surface area contributed by atoms with Crippen LogP contribution >= 0.6 is 0 Å². The molecule has 0 aliphatic heterocycles. The Morgan fingerprint density at radius 3 is 2.64 bits per heavy atom. The molecule has 0 radical (unpaired) electrons. The second-order valence-electron chi connectivity index (χ2n) is 5.84. The molecule has 0 saturated carbocycles. The Labute approximate surface area is 147 Å². The Kier molecular flexibility index (Phi) is 5.09. The van der Waals surface area contributed by atoms with Gasteiger partial charge < -0.3 is 16.4 Å². The van der Waals surface area contributed by atoms with E-state index in [4.69, 9.17) is 5.73 Å². The number of anilines is 3. The molecular weight excluding hydrogens is 312 g/mol. The van der Waals surface area contributed by atoms with Gasteiger partial charge in [-0.2, -0.15) is 4.98 Å². The van der Waals surface area contributed by atoms with Gasteiger partial charge in [0, 0.05) is 37.1 Å². The minimum absolute atomic E-state index is 0.265. The topological polar surface area (TPSA) is 88.8 Å². The van der Waals surface area contributed by atoms with E-state index < -0.39 is 0 Å². The molecule has 1 aromatic carbocycles. The summed E-state index contributed by atoms with van der Waals surface area (Å²) < 4.78 is 0. The van der Waals surface area contributed by atoms with Crippen molar-refractivity contribution in [3.8, 4) is 11.3 Å². The second-order valence-corrected chi connectivity index (χ2v) is 5.84. The molecule has 3 rings (SSSR count). The number of hydrogen-bond acceptors (Lipinski definition) is 6. The van der Waals surface area contributed by atoms with E-state index in [9.17, 15) is 0 Å². The average Bonchev–Trinajstić information content (AvgIpc) is 2.61. The van der Waals surface area contributed by atoms with Crippen LogP contribution in [0.2, 0.25) is 0 Å². The molecule has 0 aliphatic rings. The van der Waals surface area contributed by atoms with Gasteiger partial charge in [-0.25, -0.2) is 4.98 Å². The van der Waals surface area contributed by atoms with Crippen LogP contribution in [0.1, 0.15) is 11.1 Å². The molecule has 6 heteroatoms. The molecule has 0 fully saturated rings. The number of pyridine rings is 1. The van der Waals surface area contributed by atoms with Crippen molar-refractivity contribution in [1.82, 2.24) is 15.0 Å². The molecule has 3 aromatic rings. The number of nitrogens with two attached hydrogens (primary N) is 1. The first-order chi connectivity index (χ1) is 12.1. The van der Waals surface area contributed by atoms with E-state index in [0.717, 1.165) is 29.3 Å². The molecule has 0 unspecified atom stereocenters. The zero-order chi connectivity index (χ0) is 17.6. The highest BCUT2D eigenvalue weighted by atomic mass is 15.1. The van der Waals surface area contributed by atoms with Crippen molar-refractivity contribution in [1.29, 1.82) is 0 Å². The molecule has 0 amide bonds. The highest BCUT2D eigenvalue weighted by molar-refractivity contribution is 5.68. The fraction of sp³-hybridized carbons (Fsp3) is 0.211. The van der Waals surface area contributed by atoms with Gasteiger partial charge in [-0.1, -0.05) is 18.2 Å². The van der Waals surface area contributed by atoms with Crippen LogP contribution in [-0.2, 0) is 0 Å². The van der Waals surface area contributed by atoms with Gasteiger partial charge >= 0.3 is 0 Å². The number of nitrogens with one attached hydrogen (secondary N) is 2. The Morgan fingerprint density at radius 2 is 1.84 bits per heavy atom. The number of aryl methyl sites for hydroxylation is 1. The maximum Gasteiger partial charge on any atom is 0.222 e. The number of nitrogens with zero attached hydrogens (tertiary/aromatic N) is 3. The van der Waals surface area contributed by atoms with Gasteiger partial charge in [-0.3, -0.25) is 4.98 Å². The zero-order valence-electron chi connectivity index (χ0n) is 14.5. The van der Waals surface area contributed by atoms with Crippen molar-refractivity contribution in [3.05, 3.63) is 59.9 Å². The second kappa shape index (κ2) is 7.61. The van der Waals surface area contributed by atoms with Crippen LogP contribution in [0.5, 0.6) is 0 Å². The number of rotatable bonds is 6. The highest BCUT2D eigenvalue weighted by Crippen LogP contribution is 2.25. The first-order valence-corrected chi connectivity index (χ1v) is 8.22. The Hall–Kier alpha value is -3.15. The van der Waals surface area contributed by atoms with Crippen LogP contribution < -0.4 is 16.4 Å². The van der Waals surface area contributed by atoms with Gasteiger partial charge in [0.25, 0.3) is 0 Å². The molecule has 4 N–H and O–H groups in total. The standard InChI is InChI=1S/C19H22N6/c1-13-5-3-7-16(14(13)2)17-11-18(25-19(20)24-17)23-10-9-22-15-6-4-8-21-12-15/h3-8,11-12,22H,9-10H2,1-2H3,(H3,20,23,24,25). The van der Waals surface area contributed by atoms with Crippen molar-refractivity contribution in [2.45, 2.75) is 13.8 Å². The molecular formula is C19H22N6. The van der Waals surface area contributed by atoms with Gasteiger partial charge in [0.15, 0.2) is 0 Å². The first-order valence-electron chi connectivity index (χ1n) is 8.22. The van der Waals surface area contributed by atoms with Crippen LogP contribution in [0.3, 0.4) is 0 Å². The molecule has 0 saturated heterocycles. The van der Waals surface area contributed by atoms with E-state index in [1.165, 1.54) is 11.1 Å². The van der Waals surface area contributed by atoms with Crippen LogP contribution in [0.15, 0.2) is 48.8 Å². The number of benzene rings is 1. The number of nitrogen functional groups attached to an aromatic ring is 1. The summed E-state index contributed by atoms with van der Waals surface area (Å²) in [6.45, 7) is 5.63. The predicted molar refractivity (Wildman–Crippen MR) is 103 cm³/mol. The third-order valence-corrected chi connectivity index (χ3v) is 4.05. The van der Waals surface area contributed by atoms with Crippen molar-refractivity contribution >= 4 is 17.5 Å². The van der Waals surface area contributed by atoms with Gasteiger partial charge in [-0.05, 0) is 37.1 Å². The maximum atomic E-state index is 5.89. The minimum Gasteiger partial charge on any atom is -0.382 e. The van der Waals surface area contributed by atoms with E-state index in [1.807, 2.05) is 24.3 Å². The predicted octanol–water partition coefficient (Wildman–Crippen LogP) is 3.26. The number of hydrogen-bond donors (Lipinski definition) is 3. The third-order valence-electron chi connectivity index (χ3n) is 4.05. The molecule has 0 spiro atoms. The summed E-state index contributed by atoms with van der Waals surface area (Å²) in [7, 11) is 0. The van der Waals surface area contributed by atoms with Crippen molar-refractivity contribution in [3.63, 3.8) is 0 Å². The molecule has 128 valence electrons. The zero-order valence-corrected chi connectivity index (χ0v) is 14.5. The van der Waals surface area contributed by atoms with E-state index >= 15 is 0 Å². The van der Waals surface area contributed by atoms with Crippen molar-refractivity contribution < 1.29 is 0 Å². The lowest BCUT2D eigenvalue weighted by molar-refractivity contribution is 1.05. The normalized spacial score (nSPS) is 10.5.